The summed E-state index contributed by atoms with van der Waals surface area (Å²) in [7, 11) is -3.60. The average Bonchev–Trinajstić information content (AvgIpc) is 2.80. The highest BCUT2D eigenvalue weighted by Crippen LogP contribution is 2.30. The molecule has 0 aliphatic heterocycles. The minimum absolute atomic E-state index is 0.0349. The van der Waals surface area contributed by atoms with Crippen LogP contribution in [-0.2, 0) is 15.3 Å². The van der Waals surface area contributed by atoms with E-state index in [-0.39, 0.29) is 15.2 Å². The van der Waals surface area contributed by atoms with Crippen molar-refractivity contribution in [1.82, 2.24) is 0 Å². The van der Waals surface area contributed by atoms with Gasteiger partial charge >= 0.3 is 0 Å². The van der Waals surface area contributed by atoms with Crippen molar-refractivity contribution in [2.24, 2.45) is 0 Å². The van der Waals surface area contributed by atoms with Gasteiger partial charge in [-0.1, -0.05) is 51.1 Å². The number of aliphatic hydroxyl groups is 1. The van der Waals surface area contributed by atoms with E-state index in [1.54, 1.807) is 42.5 Å². The number of benzene rings is 3. The van der Waals surface area contributed by atoms with E-state index in [4.69, 9.17) is 4.74 Å². The monoisotopic (exact) mass is 460 g/mol. The molecular weight excluding hydrogens is 432 g/mol. The van der Waals surface area contributed by atoms with E-state index < -0.39 is 9.84 Å². The summed E-state index contributed by atoms with van der Waals surface area (Å²) in [6.45, 7) is 6.29. The number of hydrogen-bond donors (Lipinski definition) is 1. The van der Waals surface area contributed by atoms with Gasteiger partial charge in [0.05, 0.1) is 15.6 Å². The predicted octanol–water partition coefficient (Wildman–Crippen LogP) is 7.23. The molecule has 0 saturated carbocycles. The Bertz CT molecular complexity index is 1290. The Kier molecular flexibility index (Phi) is 6.17. The molecule has 0 aromatic heterocycles. The number of aliphatic hydroxyl groups excluding tert-OH is 1. The second kappa shape index (κ2) is 8.91. The number of ether oxygens (including phenoxy) is 1. The van der Waals surface area contributed by atoms with Gasteiger partial charge in [-0.25, -0.2) is 8.42 Å². The zero-order chi connectivity index (χ0) is 23.6. The largest absolute Gasteiger partial charge is 0.512 e. The second-order valence-electron chi connectivity index (χ2n) is 9.23. The lowest BCUT2D eigenvalue weighted by atomic mass is 9.87. The molecule has 1 aliphatic rings. The van der Waals surface area contributed by atoms with E-state index in [1.165, 1.54) is 5.57 Å². The van der Waals surface area contributed by atoms with E-state index in [9.17, 15) is 13.5 Å². The Morgan fingerprint density at radius 3 is 1.73 bits per heavy atom. The van der Waals surface area contributed by atoms with Crippen LogP contribution in [0.15, 0.2) is 100 Å². The van der Waals surface area contributed by atoms with Gasteiger partial charge in [0, 0.05) is 6.42 Å². The van der Waals surface area contributed by atoms with Crippen molar-refractivity contribution in [3.63, 3.8) is 0 Å². The lowest BCUT2D eigenvalue weighted by Gasteiger charge is -2.19. The molecule has 0 fully saturated rings. The van der Waals surface area contributed by atoms with E-state index in [0.29, 0.717) is 23.7 Å². The van der Waals surface area contributed by atoms with Gasteiger partial charge in [0.25, 0.3) is 0 Å². The first-order valence-electron chi connectivity index (χ1n) is 11.0. The molecular formula is C28H28O4S. The molecule has 0 radical (unpaired) electrons. The summed E-state index contributed by atoms with van der Waals surface area (Å²) < 4.78 is 31.9. The zero-order valence-corrected chi connectivity index (χ0v) is 19.9. The Morgan fingerprint density at radius 2 is 1.24 bits per heavy atom. The molecule has 0 amide bonds. The van der Waals surface area contributed by atoms with Crippen LogP contribution in [0.2, 0.25) is 0 Å². The SMILES string of the molecule is CC(C)(C)c1ccc(S(=O)(=O)c2ccc(Oc3ccc(C4=CC=C(O)CC4)cc3)cc2)cc1. The van der Waals surface area contributed by atoms with Gasteiger partial charge in [0.1, 0.15) is 11.5 Å². The van der Waals surface area contributed by atoms with E-state index in [1.807, 2.05) is 42.5 Å². The number of sulfone groups is 1. The minimum Gasteiger partial charge on any atom is -0.512 e. The molecule has 1 aliphatic carbocycles. The summed E-state index contributed by atoms with van der Waals surface area (Å²) in [4.78, 5) is 0.509. The first-order chi connectivity index (χ1) is 15.6. The van der Waals surface area contributed by atoms with E-state index in [2.05, 4.69) is 20.8 Å². The first-order valence-corrected chi connectivity index (χ1v) is 12.4. The van der Waals surface area contributed by atoms with Gasteiger partial charge in [-0.2, -0.15) is 0 Å². The van der Waals surface area contributed by atoms with Crippen LogP contribution < -0.4 is 4.74 Å². The summed E-state index contributed by atoms with van der Waals surface area (Å²) in [5, 5.41) is 9.52. The summed E-state index contributed by atoms with van der Waals surface area (Å²) in [5.74, 6) is 1.64. The minimum atomic E-state index is -3.60. The third-order valence-corrected chi connectivity index (χ3v) is 7.54. The lowest BCUT2D eigenvalue weighted by molar-refractivity contribution is 0.388. The van der Waals surface area contributed by atoms with Crippen LogP contribution >= 0.6 is 0 Å². The van der Waals surface area contributed by atoms with Crippen LogP contribution in [-0.4, -0.2) is 13.5 Å². The molecule has 3 aromatic rings. The summed E-state index contributed by atoms with van der Waals surface area (Å²) >= 11 is 0. The van der Waals surface area contributed by atoms with Gasteiger partial charge in [0.15, 0.2) is 0 Å². The van der Waals surface area contributed by atoms with Crippen LogP contribution in [0.5, 0.6) is 11.5 Å². The highest BCUT2D eigenvalue weighted by atomic mass is 32.2. The normalized spacial score (nSPS) is 14.4. The van der Waals surface area contributed by atoms with Crippen molar-refractivity contribution in [2.45, 2.75) is 48.8 Å². The van der Waals surface area contributed by atoms with E-state index in [0.717, 1.165) is 17.5 Å². The molecule has 1 N–H and O–H groups in total. The Morgan fingerprint density at radius 1 is 0.727 bits per heavy atom. The maximum absolute atomic E-state index is 13.0. The van der Waals surface area contributed by atoms with Crippen LogP contribution in [0.1, 0.15) is 44.7 Å². The fraction of sp³-hybridized carbons (Fsp3) is 0.214. The first kappa shape index (κ1) is 22.9. The quantitative estimate of drug-likeness (QED) is 0.436. The molecule has 5 heteroatoms. The lowest BCUT2D eigenvalue weighted by Crippen LogP contribution is -2.11. The highest BCUT2D eigenvalue weighted by molar-refractivity contribution is 7.91. The molecule has 0 bridgehead atoms. The highest BCUT2D eigenvalue weighted by Gasteiger charge is 2.20. The average molecular weight is 461 g/mol. The topological polar surface area (TPSA) is 63.6 Å². The Balaban J connectivity index is 1.47. The summed E-state index contributed by atoms with van der Waals surface area (Å²) in [6.07, 6.45) is 5.12. The molecule has 0 atom stereocenters. The fourth-order valence-electron chi connectivity index (χ4n) is 3.70. The van der Waals surface area contributed by atoms with Crippen molar-refractivity contribution < 1.29 is 18.3 Å². The summed E-state index contributed by atoms with van der Waals surface area (Å²) in [5.41, 5.74) is 3.31. The number of hydrogen-bond acceptors (Lipinski definition) is 4. The van der Waals surface area contributed by atoms with Gasteiger partial charge in [-0.05, 0) is 83.1 Å². The Labute approximate surface area is 195 Å². The van der Waals surface area contributed by atoms with Crippen molar-refractivity contribution in [1.29, 1.82) is 0 Å². The van der Waals surface area contributed by atoms with Crippen LogP contribution in [0.4, 0.5) is 0 Å². The van der Waals surface area contributed by atoms with Gasteiger partial charge in [-0.15, -0.1) is 0 Å². The van der Waals surface area contributed by atoms with Crippen molar-refractivity contribution >= 4 is 15.4 Å². The van der Waals surface area contributed by atoms with Crippen molar-refractivity contribution in [3.8, 4) is 11.5 Å². The van der Waals surface area contributed by atoms with E-state index >= 15 is 0 Å². The molecule has 0 saturated heterocycles. The molecule has 4 nitrogen and oxygen atoms in total. The Hall–Kier alpha value is -3.31. The predicted molar refractivity (Wildman–Crippen MR) is 131 cm³/mol. The van der Waals surface area contributed by atoms with Crippen molar-refractivity contribution in [3.05, 3.63) is 102 Å². The van der Waals surface area contributed by atoms with Crippen molar-refractivity contribution in [2.75, 3.05) is 0 Å². The fourth-order valence-corrected chi connectivity index (χ4v) is 4.96. The maximum Gasteiger partial charge on any atom is 0.206 e. The maximum atomic E-state index is 13.0. The summed E-state index contributed by atoms with van der Waals surface area (Å²) in [6, 6.07) is 21.3. The van der Waals surface area contributed by atoms with Crippen LogP contribution in [0, 0.1) is 0 Å². The molecule has 170 valence electrons. The zero-order valence-electron chi connectivity index (χ0n) is 19.1. The third-order valence-electron chi connectivity index (χ3n) is 5.75. The van der Waals surface area contributed by atoms with Crippen LogP contribution in [0.3, 0.4) is 0 Å². The molecule has 0 spiro atoms. The third kappa shape index (κ3) is 5.20. The van der Waals surface area contributed by atoms with Gasteiger partial charge < -0.3 is 9.84 Å². The standard InChI is InChI=1S/C28H28O4S/c1-28(2,3)22-8-16-26(17-9-22)33(30,31)27-18-14-25(15-19-27)32-24-12-6-21(7-13-24)20-4-10-23(29)11-5-20/h4,6-10,12-19,29H,5,11H2,1-3H3. The van der Waals surface area contributed by atoms with Gasteiger partial charge in [-0.3, -0.25) is 0 Å². The molecule has 0 heterocycles. The molecule has 0 unspecified atom stereocenters. The molecule has 3 aromatic carbocycles. The van der Waals surface area contributed by atoms with Gasteiger partial charge in [0.2, 0.25) is 9.84 Å². The number of allylic oxidation sites excluding steroid dienone is 4. The smallest absolute Gasteiger partial charge is 0.206 e. The molecule has 33 heavy (non-hydrogen) atoms. The van der Waals surface area contributed by atoms with Crippen LogP contribution in [0.25, 0.3) is 5.57 Å². The number of rotatable bonds is 5. The second-order valence-corrected chi connectivity index (χ2v) is 11.2. The molecule has 4 rings (SSSR count).